The van der Waals surface area contributed by atoms with Crippen molar-refractivity contribution in [1.29, 1.82) is 0 Å². The molecule has 18 heavy (non-hydrogen) atoms. The number of nitrogens with one attached hydrogen (secondary N) is 1. The van der Waals surface area contributed by atoms with Gasteiger partial charge in [-0.25, -0.2) is 0 Å². The van der Waals surface area contributed by atoms with Crippen LogP contribution in [0.4, 0.5) is 5.69 Å². The first kappa shape index (κ1) is 13.8. The van der Waals surface area contributed by atoms with Gasteiger partial charge in [0.05, 0.1) is 12.1 Å². The molecule has 0 heterocycles. The molecule has 0 amide bonds. The first-order chi connectivity index (χ1) is 8.85. The summed E-state index contributed by atoms with van der Waals surface area (Å²) in [6, 6.07) is 9.05. The molecule has 1 N–H and O–H groups in total. The zero-order valence-electron chi connectivity index (χ0n) is 11.3. The minimum atomic E-state index is 0.360. The van der Waals surface area contributed by atoms with Gasteiger partial charge in [-0.2, -0.15) is 0 Å². The number of hydrogen-bond acceptors (Lipinski definition) is 3. The Morgan fingerprint density at radius 1 is 1.28 bits per heavy atom. The normalized spacial score (nSPS) is 23.9. The Balaban J connectivity index is 2.07. The minimum Gasteiger partial charge on any atom is -0.379 e. The first-order valence-electron chi connectivity index (χ1n) is 6.86. The predicted octanol–water partition coefficient (Wildman–Crippen LogP) is 4.17. The van der Waals surface area contributed by atoms with Crippen LogP contribution < -0.4 is 5.32 Å². The zero-order chi connectivity index (χ0) is 12.8. The average Bonchev–Trinajstić information content (AvgIpc) is 2.42. The summed E-state index contributed by atoms with van der Waals surface area (Å²) in [7, 11) is 1.83. The van der Waals surface area contributed by atoms with E-state index in [9.17, 15) is 0 Å². The van der Waals surface area contributed by atoms with Crippen molar-refractivity contribution in [3.05, 3.63) is 24.3 Å². The number of para-hydroxylation sites is 1. The van der Waals surface area contributed by atoms with Crippen LogP contribution in [0.1, 0.15) is 32.6 Å². The van der Waals surface area contributed by atoms with E-state index in [4.69, 9.17) is 4.74 Å². The second-order valence-corrected chi connectivity index (χ2v) is 6.04. The lowest BCUT2D eigenvalue weighted by Gasteiger charge is -2.32. The van der Waals surface area contributed by atoms with Crippen LogP contribution in [0.2, 0.25) is 0 Å². The van der Waals surface area contributed by atoms with Crippen molar-refractivity contribution in [2.45, 2.75) is 49.6 Å². The molecule has 0 aliphatic heterocycles. The first-order valence-corrected chi connectivity index (χ1v) is 7.85. The van der Waals surface area contributed by atoms with Crippen LogP contribution in [0.15, 0.2) is 29.2 Å². The summed E-state index contributed by atoms with van der Waals surface area (Å²) in [5.74, 6) is 1.11. The van der Waals surface area contributed by atoms with Crippen LogP contribution >= 0.6 is 11.8 Å². The van der Waals surface area contributed by atoms with Crippen molar-refractivity contribution in [1.82, 2.24) is 0 Å². The van der Waals surface area contributed by atoms with Gasteiger partial charge in [-0.15, -0.1) is 11.8 Å². The molecule has 0 bridgehead atoms. The third kappa shape index (κ3) is 3.42. The lowest BCUT2D eigenvalue weighted by Crippen LogP contribution is -2.37. The molecule has 100 valence electrons. The fourth-order valence-corrected chi connectivity index (χ4v) is 3.38. The third-order valence-corrected chi connectivity index (χ3v) is 4.49. The number of ether oxygens (including phenoxy) is 1. The molecule has 3 heteroatoms. The molecule has 1 aromatic rings. The van der Waals surface area contributed by atoms with Gasteiger partial charge in [0.1, 0.15) is 0 Å². The summed E-state index contributed by atoms with van der Waals surface area (Å²) in [5.41, 5.74) is 1.26. The standard InChI is InChI=1S/C15H23NOS/c1-3-18-15-11-7-5-9-13(15)16-12-8-4-6-10-14(12)17-2/h5,7,9,11-12,14,16H,3-4,6,8,10H2,1-2H3. The van der Waals surface area contributed by atoms with Crippen molar-refractivity contribution < 1.29 is 4.74 Å². The van der Waals surface area contributed by atoms with Crippen molar-refractivity contribution >= 4 is 17.4 Å². The fraction of sp³-hybridized carbons (Fsp3) is 0.600. The van der Waals surface area contributed by atoms with E-state index in [0.717, 1.165) is 5.75 Å². The molecule has 0 radical (unpaired) electrons. The van der Waals surface area contributed by atoms with Crippen LogP contribution in [0, 0.1) is 0 Å². The molecule has 0 saturated heterocycles. The SMILES string of the molecule is CCSc1ccccc1NC1CCCCC1OC. The number of methoxy groups -OCH3 is 1. The third-order valence-electron chi connectivity index (χ3n) is 3.53. The van der Waals surface area contributed by atoms with Crippen LogP contribution in [0.25, 0.3) is 0 Å². The number of benzene rings is 1. The van der Waals surface area contributed by atoms with Gasteiger partial charge in [0.25, 0.3) is 0 Å². The Labute approximate surface area is 114 Å². The Morgan fingerprint density at radius 2 is 2.06 bits per heavy atom. The number of hydrogen-bond donors (Lipinski definition) is 1. The highest BCUT2D eigenvalue weighted by Crippen LogP contribution is 2.30. The summed E-state index contributed by atoms with van der Waals surface area (Å²) in [6.07, 6.45) is 5.35. The molecule has 2 nitrogen and oxygen atoms in total. The lowest BCUT2D eigenvalue weighted by atomic mass is 9.92. The Hall–Kier alpha value is -0.670. The highest BCUT2D eigenvalue weighted by molar-refractivity contribution is 7.99. The summed E-state index contributed by atoms with van der Waals surface area (Å²) < 4.78 is 5.61. The monoisotopic (exact) mass is 265 g/mol. The van der Waals surface area contributed by atoms with Gasteiger partial charge >= 0.3 is 0 Å². The summed E-state index contributed by atoms with van der Waals surface area (Å²) in [5, 5.41) is 3.69. The van der Waals surface area contributed by atoms with Crippen LogP contribution in [0.5, 0.6) is 0 Å². The van der Waals surface area contributed by atoms with E-state index in [0.29, 0.717) is 12.1 Å². The Kier molecular flexibility index (Phi) is 5.39. The van der Waals surface area contributed by atoms with E-state index >= 15 is 0 Å². The van der Waals surface area contributed by atoms with Gasteiger partial charge in [0.15, 0.2) is 0 Å². The Morgan fingerprint density at radius 3 is 2.83 bits per heavy atom. The van der Waals surface area contributed by atoms with Gasteiger partial charge in [-0.3, -0.25) is 0 Å². The summed E-state index contributed by atoms with van der Waals surface area (Å²) >= 11 is 1.90. The molecule has 2 unspecified atom stereocenters. The topological polar surface area (TPSA) is 21.3 Å². The lowest BCUT2D eigenvalue weighted by molar-refractivity contribution is 0.0605. The van der Waals surface area contributed by atoms with Gasteiger partial charge in [-0.1, -0.05) is 31.9 Å². The zero-order valence-corrected chi connectivity index (χ0v) is 12.1. The van der Waals surface area contributed by atoms with E-state index in [1.165, 1.54) is 36.3 Å². The van der Waals surface area contributed by atoms with Crippen LogP contribution in [0.3, 0.4) is 0 Å². The minimum absolute atomic E-state index is 0.360. The molecule has 0 aromatic heterocycles. The van der Waals surface area contributed by atoms with Gasteiger partial charge in [0, 0.05) is 17.7 Å². The van der Waals surface area contributed by atoms with Crippen molar-refractivity contribution in [2.75, 3.05) is 18.2 Å². The highest BCUT2D eigenvalue weighted by Gasteiger charge is 2.25. The predicted molar refractivity (Wildman–Crippen MR) is 79.5 cm³/mol. The maximum absolute atomic E-state index is 5.61. The number of anilines is 1. The largest absolute Gasteiger partial charge is 0.379 e. The maximum Gasteiger partial charge on any atom is 0.0772 e. The molecule has 1 aromatic carbocycles. The molecule has 0 spiro atoms. The summed E-state index contributed by atoms with van der Waals surface area (Å²) in [4.78, 5) is 1.35. The molecule has 2 atom stereocenters. The van der Waals surface area contributed by atoms with E-state index in [1.54, 1.807) is 0 Å². The van der Waals surface area contributed by atoms with Gasteiger partial charge < -0.3 is 10.1 Å². The molecule has 1 aliphatic carbocycles. The smallest absolute Gasteiger partial charge is 0.0772 e. The van der Waals surface area contributed by atoms with E-state index in [2.05, 4.69) is 36.5 Å². The van der Waals surface area contributed by atoms with Crippen molar-refractivity contribution in [3.63, 3.8) is 0 Å². The average molecular weight is 265 g/mol. The van der Waals surface area contributed by atoms with Crippen molar-refractivity contribution in [3.8, 4) is 0 Å². The van der Waals surface area contributed by atoms with E-state index in [-0.39, 0.29) is 0 Å². The Bertz CT molecular complexity index is 369. The van der Waals surface area contributed by atoms with Crippen LogP contribution in [-0.4, -0.2) is 25.0 Å². The summed E-state index contributed by atoms with van der Waals surface area (Å²) in [6.45, 7) is 2.19. The highest BCUT2D eigenvalue weighted by atomic mass is 32.2. The molecule has 1 aliphatic rings. The fourth-order valence-electron chi connectivity index (χ4n) is 2.61. The molecule has 2 rings (SSSR count). The second kappa shape index (κ2) is 7.05. The van der Waals surface area contributed by atoms with Gasteiger partial charge in [0.2, 0.25) is 0 Å². The number of rotatable bonds is 5. The second-order valence-electron chi connectivity index (χ2n) is 4.74. The van der Waals surface area contributed by atoms with E-state index < -0.39 is 0 Å². The molecular formula is C15H23NOS. The molecule has 1 saturated carbocycles. The maximum atomic E-state index is 5.61. The van der Waals surface area contributed by atoms with Gasteiger partial charge in [-0.05, 0) is 30.7 Å². The molecule has 1 fully saturated rings. The van der Waals surface area contributed by atoms with E-state index in [1.807, 2.05) is 18.9 Å². The van der Waals surface area contributed by atoms with Crippen LogP contribution in [-0.2, 0) is 4.74 Å². The van der Waals surface area contributed by atoms with Crippen molar-refractivity contribution in [2.24, 2.45) is 0 Å². The number of thioether (sulfide) groups is 1. The molecular weight excluding hydrogens is 242 g/mol. The quantitative estimate of drug-likeness (QED) is 0.807.